The first-order chi connectivity index (χ1) is 9.17. The van der Waals surface area contributed by atoms with Gasteiger partial charge in [0.2, 0.25) is 0 Å². The summed E-state index contributed by atoms with van der Waals surface area (Å²) in [6.07, 6.45) is 5.18. The third-order valence-corrected chi connectivity index (χ3v) is 4.13. The first-order valence-corrected chi connectivity index (χ1v) is 6.94. The second-order valence-electron chi connectivity index (χ2n) is 5.88. The predicted octanol–water partition coefficient (Wildman–Crippen LogP) is 2.49. The molecule has 1 N–H and O–H groups in total. The number of benzene rings is 1. The molecule has 0 bridgehead atoms. The highest BCUT2D eigenvalue weighted by molar-refractivity contribution is 5.24. The Hall–Kier alpha value is -1.61. The van der Waals surface area contributed by atoms with Crippen LogP contribution in [0, 0.1) is 6.92 Å². The maximum absolute atomic E-state index is 4.37. The lowest BCUT2D eigenvalue weighted by Gasteiger charge is -2.24. The van der Waals surface area contributed by atoms with Crippen LogP contribution < -0.4 is 5.32 Å². The molecule has 1 aromatic carbocycles. The van der Waals surface area contributed by atoms with E-state index < -0.39 is 0 Å². The van der Waals surface area contributed by atoms with Crippen LogP contribution in [0.1, 0.15) is 30.2 Å². The summed E-state index contributed by atoms with van der Waals surface area (Å²) >= 11 is 0. The summed E-state index contributed by atoms with van der Waals surface area (Å²) in [6.45, 7) is 7.53. The van der Waals surface area contributed by atoms with Crippen molar-refractivity contribution >= 4 is 0 Å². The molecule has 0 saturated carbocycles. The van der Waals surface area contributed by atoms with Crippen molar-refractivity contribution in [2.75, 3.05) is 13.1 Å². The van der Waals surface area contributed by atoms with Crippen LogP contribution in [-0.4, -0.2) is 22.6 Å². The molecule has 3 nitrogen and oxygen atoms in total. The van der Waals surface area contributed by atoms with Gasteiger partial charge in [-0.25, -0.2) is 4.98 Å². The molecule has 0 radical (unpaired) electrons. The van der Waals surface area contributed by atoms with Gasteiger partial charge in [-0.1, -0.05) is 36.8 Å². The molecule has 1 aliphatic rings. The fourth-order valence-electron chi connectivity index (χ4n) is 2.99. The lowest BCUT2D eigenvalue weighted by atomic mass is 9.86. The van der Waals surface area contributed by atoms with Crippen LogP contribution >= 0.6 is 0 Å². The molecule has 100 valence electrons. The average Bonchev–Trinajstić information content (AvgIpc) is 2.99. The van der Waals surface area contributed by atoms with Crippen molar-refractivity contribution in [3.05, 3.63) is 53.6 Å². The van der Waals surface area contributed by atoms with Crippen LogP contribution in [0.25, 0.3) is 0 Å². The van der Waals surface area contributed by atoms with Crippen molar-refractivity contribution in [3.8, 4) is 0 Å². The van der Waals surface area contributed by atoms with Crippen LogP contribution in [0.2, 0.25) is 0 Å². The maximum Gasteiger partial charge on any atom is 0.0951 e. The third-order valence-electron chi connectivity index (χ3n) is 4.13. The molecule has 1 aliphatic heterocycles. The molecule has 3 rings (SSSR count). The standard InChI is InChI=1S/C16H21N3/c1-13-4-3-5-14(8-13)10-19-12-18-9-15(19)16(2)6-7-17-11-16/h3-5,8-9,12,17H,6-7,10-11H2,1-2H3. The highest BCUT2D eigenvalue weighted by Crippen LogP contribution is 2.30. The summed E-state index contributed by atoms with van der Waals surface area (Å²) in [5, 5.41) is 3.46. The van der Waals surface area contributed by atoms with Gasteiger partial charge < -0.3 is 9.88 Å². The maximum atomic E-state index is 4.37. The van der Waals surface area contributed by atoms with Crippen LogP contribution in [0.3, 0.4) is 0 Å². The van der Waals surface area contributed by atoms with Crippen LogP contribution in [-0.2, 0) is 12.0 Å². The zero-order chi connectivity index (χ0) is 13.3. The minimum absolute atomic E-state index is 0.223. The predicted molar refractivity (Wildman–Crippen MR) is 77.3 cm³/mol. The van der Waals surface area contributed by atoms with Gasteiger partial charge >= 0.3 is 0 Å². The highest BCUT2D eigenvalue weighted by Gasteiger charge is 2.33. The Labute approximate surface area is 114 Å². The van der Waals surface area contributed by atoms with Gasteiger partial charge in [0.25, 0.3) is 0 Å². The number of hydrogen-bond donors (Lipinski definition) is 1. The van der Waals surface area contributed by atoms with E-state index in [4.69, 9.17) is 0 Å². The Kier molecular flexibility index (Phi) is 3.15. The van der Waals surface area contributed by atoms with Gasteiger partial charge in [0, 0.05) is 30.4 Å². The minimum Gasteiger partial charge on any atom is -0.330 e. The molecule has 1 fully saturated rings. The molecule has 19 heavy (non-hydrogen) atoms. The van der Waals surface area contributed by atoms with Crippen molar-refractivity contribution < 1.29 is 0 Å². The summed E-state index contributed by atoms with van der Waals surface area (Å²) in [6, 6.07) is 8.70. The number of aromatic nitrogens is 2. The Balaban J connectivity index is 1.88. The quantitative estimate of drug-likeness (QED) is 0.913. The van der Waals surface area contributed by atoms with E-state index in [0.29, 0.717) is 0 Å². The summed E-state index contributed by atoms with van der Waals surface area (Å²) in [5.41, 5.74) is 4.22. The molecule has 1 unspecified atom stereocenters. The Morgan fingerprint density at radius 2 is 2.32 bits per heavy atom. The lowest BCUT2D eigenvalue weighted by molar-refractivity contribution is 0.481. The molecule has 2 heterocycles. The van der Waals surface area contributed by atoms with Crippen molar-refractivity contribution in [2.24, 2.45) is 0 Å². The van der Waals surface area contributed by atoms with E-state index in [-0.39, 0.29) is 5.41 Å². The lowest BCUT2D eigenvalue weighted by Crippen LogP contribution is -2.28. The smallest absolute Gasteiger partial charge is 0.0951 e. The fraction of sp³-hybridized carbons (Fsp3) is 0.438. The van der Waals surface area contributed by atoms with E-state index in [9.17, 15) is 0 Å². The van der Waals surface area contributed by atoms with E-state index >= 15 is 0 Å². The number of imidazole rings is 1. The van der Waals surface area contributed by atoms with Crippen LogP contribution in [0.4, 0.5) is 0 Å². The van der Waals surface area contributed by atoms with Gasteiger partial charge in [-0.3, -0.25) is 0 Å². The second kappa shape index (κ2) is 4.82. The summed E-state index contributed by atoms with van der Waals surface area (Å²) < 4.78 is 2.29. The number of nitrogens with one attached hydrogen (secondary N) is 1. The normalized spacial score (nSPS) is 22.8. The van der Waals surface area contributed by atoms with E-state index in [1.165, 1.54) is 23.2 Å². The fourth-order valence-corrected chi connectivity index (χ4v) is 2.99. The van der Waals surface area contributed by atoms with Crippen LogP contribution in [0.5, 0.6) is 0 Å². The topological polar surface area (TPSA) is 29.9 Å². The zero-order valence-electron chi connectivity index (χ0n) is 11.7. The molecule has 0 spiro atoms. The monoisotopic (exact) mass is 255 g/mol. The third kappa shape index (κ3) is 2.43. The number of aryl methyl sites for hydroxylation is 1. The number of rotatable bonds is 3. The van der Waals surface area contributed by atoms with Crippen molar-refractivity contribution in [3.63, 3.8) is 0 Å². The minimum atomic E-state index is 0.223. The van der Waals surface area contributed by atoms with E-state index in [1.54, 1.807) is 0 Å². The van der Waals surface area contributed by atoms with Gasteiger partial charge in [0.15, 0.2) is 0 Å². The van der Waals surface area contributed by atoms with E-state index in [2.05, 4.69) is 53.0 Å². The van der Waals surface area contributed by atoms with Crippen LogP contribution in [0.15, 0.2) is 36.8 Å². The Bertz CT molecular complexity index is 565. The molecular weight excluding hydrogens is 234 g/mol. The summed E-state index contributed by atoms with van der Waals surface area (Å²) in [7, 11) is 0. The molecule has 0 aliphatic carbocycles. The number of nitrogens with zero attached hydrogens (tertiary/aromatic N) is 2. The van der Waals surface area contributed by atoms with E-state index in [1.807, 2.05) is 12.5 Å². The van der Waals surface area contributed by atoms with Crippen molar-refractivity contribution in [1.82, 2.24) is 14.9 Å². The zero-order valence-corrected chi connectivity index (χ0v) is 11.7. The highest BCUT2D eigenvalue weighted by atomic mass is 15.1. The molecule has 0 amide bonds. The first-order valence-electron chi connectivity index (χ1n) is 6.94. The SMILES string of the molecule is Cc1cccc(Cn2cncc2C2(C)CCNC2)c1. The average molecular weight is 255 g/mol. The molecule has 2 aromatic rings. The van der Waals surface area contributed by atoms with Gasteiger partial charge in [-0.15, -0.1) is 0 Å². The molecule has 3 heteroatoms. The van der Waals surface area contributed by atoms with Gasteiger partial charge in [-0.2, -0.15) is 0 Å². The number of hydrogen-bond acceptors (Lipinski definition) is 2. The summed E-state index contributed by atoms with van der Waals surface area (Å²) in [5.74, 6) is 0. The van der Waals surface area contributed by atoms with Gasteiger partial charge in [0.1, 0.15) is 0 Å². The van der Waals surface area contributed by atoms with Gasteiger partial charge in [0.05, 0.1) is 6.33 Å². The second-order valence-corrected chi connectivity index (χ2v) is 5.88. The molecular formula is C16H21N3. The summed E-state index contributed by atoms with van der Waals surface area (Å²) in [4.78, 5) is 4.37. The van der Waals surface area contributed by atoms with Gasteiger partial charge in [-0.05, 0) is 25.5 Å². The first kappa shape index (κ1) is 12.4. The molecule has 1 saturated heterocycles. The Morgan fingerprint density at radius 3 is 3.05 bits per heavy atom. The van der Waals surface area contributed by atoms with Crippen molar-refractivity contribution in [1.29, 1.82) is 0 Å². The van der Waals surface area contributed by atoms with Crippen molar-refractivity contribution in [2.45, 2.75) is 32.2 Å². The largest absolute Gasteiger partial charge is 0.330 e. The molecule has 1 aromatic heterocycles. The van der Waals surface area contributed by atoms with E-state index in [0.717, 1.165) is 19.6 Å². The Morgan fingerprint density at radius 1 is 1.42 bits per heavy atom. The molecule has 1 atom stereocenters.